The van der Waals surface area contributed by atoms with Crippen molar-refractivity contribution >= 4 is 10.8 Å². The Morgan fingerprint density at radius 3 is 2.56 bits per heavy atom. The van der Waals surface area contributed by atoms with Gasteiger partial charge in [-0.15, -0.1) is 0 Å². The van der Waals surface area contributed by atoms with Crippen molar-refractivity contribution in [2.24, 2.45) is 0 Å². The monoisotopic (exact) mass is 267 g/mol. The van der Waals surface area contributed by atoms with Gasteiger partial charge in [-0.3, -0.25) is 4.21 Å². The van der Waals surface area contributed by atoms with Crippen molar-refractivity contribution in [2.75, 3.05) is 18.1 Å². The van der Waals surface area contributed by atoms with Crippen LogP contribution in [-0.4, -0.2) is 39.5 Å². The van der Waals surface area contributed by atoms with Crippen LogP contribution in [0, 0.1) is 0 Å². The van der Waals surface area contributed by atoms with Crippen LogP contribution < -0.4 is 5.32 Å². The summed E-state index contributed by atoms with van der Waals surface area (Å²) in [4.78, 5) is 0. The normalized spacial score (nSPS) is 25.8. The zero-order valence-corrected chi connectivity index (χ0v) is 11.4. The predicted octanol–water partition coefficient (Wildman–Crippen LogP) is 1.09. The molecule has 0 spiro atoms. The molecule has 1 saturated heterocycles. The second-order valence-electron chi connectivity index (χ2n) is 4.86. The van der Waals surface area contributed by atoms with Crippen molar-refractivity contribution in [1.29, 1.82) is 0 Å². The molecule has 1 atom stereocenters. The molecule has 1 heterocycles. The fourth-order valence-corrected chi connectivity index (χ4v) is 3.67. The third kappa shape index (κ3) is 4.19. The Morgan fingerprint density at radius 2 is 1.94 bits per heavy atom. The summed E-state index contributed by atoms with van der Waals surface area (Å²) >= 11 is 0. The number of benzene rings is 1. The molecule has 1 aromatic rings. The molecule has 2 rings (SSSR count). The predicted molar refractivity (Wildman–Crippen MR) is 75.1 cm³/mol. The molecule has 4 heteroatoms. The van der Waals surface area contributed by atoms with Gasteiger partial charge in [0.25, 0.3) is 0 Å². The van der Waals surface area contributed by atoms with Gasteiger partial charge in [-0.25, -0.2) is 0 Å². The maximum atomic E-state index is 11.3. The summed E-state index contributed by atoms with van der Waals surface area (Å²) in [5.41, 5.74) is 1.24. The van der Waals surface area contributed by atoms with E-state index in [0.717, 1.165) is 30.8 Å². The average Bonchev–Trinajstić information content (AvgIpc) is 2.41. The zero-order valence-electron chi connectivity index (χ0n) is 10.5. The van der Waals surface area contributed by atoms with E-state index in [1.54, 1.807) is 0 Å². The number of hydrogen-bond donors (Lipinski definition) is 2. The molecule has 0 saturated carbocycles. The van der Waals surface area contributed by atoms with Gasteiger partial charge >= 0.3 is 0 Å². The van der Waals surface area contributed by atoms with Gasteiger partial charge in [0.1, 0.15) is 0 Å². The lowest BCUT2D eigenvalue weighted by molar-refractivity contribution is 0.227. The van der Waals surface area contributed by atoms with Gasteiger partial charge in [0, 0.05) is 34.4 Å². The third-order valence-corrected chi connectivity index (χ3v) is 4.79. The fraction of sp³-hybridized carbons (Fsp3) is 0.571. The van der Waals surface area contributed by atoms with Crippen molar-refractivity contribution < 1.29 is 9.32 Å². The van der Waals surface area contributed by atoms with E-state index in [9.17, 15) is 9.32 Å². The van der Waals surface area contributed by atoms with Gasteiger partial charge in [-0.2, -0.15) is 0 Å². The van der Waals surface area contributed by atoms with Crippen LogP contribution in [0.4, 0.5) is 0 Å². The van der Waals surface area contributed by atoms with E-state index < -0.39 is 10.8 Å². The smallest absolute Gasteiger partial charge is 0.0587 e. The van der Waals surface area contributed by atoms with E-state index in [-0.39, 0.29) is 12.6 Å². The Kier molecular flexibility index (Phi) is 5.35. The van der Waals surface area contributed by atoms with E-state index in [0.29, 0.717) is 6.04 Å². The topological polar surface area (TPSA) is 49.3 Å². The zero-order chi connectivity index (χ0) is 12.8. The van der Waals surface area contributed by atoms with Crippen LogP contribution in [0.3, 0.4) is 0 Å². The Bertz CT molecular complexity index is 373. The van der Waals surface area contributed by atoms with Crippen LogP contribution in [0.1, 0.15) is 18.4 Å². The lowest BCUT2D eigenvalue weighted by Gasteiger charge is -2.27. The van der Waals surface area contributed by atoms with E-state index in [1.165, 1.54) is 5.56 Å². The van der Waals surface area contributed by atoms with Gasteiger partial charge in [0.05, 0.1) is 6.61 Å². The molecule has 18 heavy (non-hydrogen) atoms. The van der Waals surface area contributed by atoms with Gasteiger partial charge in [0.15, 0.2) is 0 Å². The van der Waals surface area contributed by atoms with Gasteiger partial charge in [-0.1, -0.05) is 30.3 Å². The first-order valence-corrected chi connectivity index (χ1v) is 8.02. The van der Waals surface area contributed by atoms with E-state index in [1.807, 2.05) is 18.2 Å². The highest BCUT2D eigenvalue weighted by Crippen LogP contribution is 2.11. The van der Waals surface area contributed by atoms with E-state index in [4.69, 9.17) is 0 Å². The minimum absolute atomic E-state index is 0.101. The molecule has 100 valence electrons. The average molecular weight is 267 g/mol. The quantitative estimate of drug-likeness (QED) is 0.839. The summed E-state index contributed by atoms with van der Waals surface area (Å²) in [6.45, 7) is 0.147. The van der Waals surface area contributed by atoms with Gasteiger partial charge in [0.2, 0.25) is 0 Å². The van der Waals surface area contributed by atoms with E-state index >= 15 is 0 Å². The second kappa shape index (κ2) is 7.02. The molecule has 0 unspecified atom stereocenters. The van der Waals surface area contributed by atoms with Crippen LogP contribution in [0.2, 0.25) is 0 Å². The highest BCUT2D eigenvalue weighted by atomic mass is 32.2. The summed E-state index contributed by atoms with van der Waals surface area (Å²) in [6, 6.07) is 10.7. The van der Waals surface area contributed by atoms with Crippen LogP contribution in [0.25, 0.3) is 0 Å². The van der Waals surface area contributed by atoms with Crippen molar-refractivity contribution in [1.82, 2.24) is 5.32 Å². The lowest BCUT2D eigenvalue weighted by Crippen LogP contribution is -2.44. The maximum absolute atomic E-state index is 11.3. The molecular formula is C14H21NO2S. The highest BCUT2D eigenvalue weighted by Gasteiger charge is 2.20. The van der Waals surface area contributed by atoms with Gasteiger partial charge in [-0.05, 0) is 24.8 Å². The third-order valence-electron chi connectivity index (χ3n) is 3.40. The molecule has 1 aliphatic rings. The molecule has 0 amide bonds. The van der Waals surface area contributed by atoms with Crippen molar-refractivity contribution in [3.63, 3.8) is 0 Å². The van der Waals surface area contributed by atoms with Crippen LogP contribution in [0.15, 0.2) is 30.3 Å². The Balaban J connectivity index is 1.84. The number of rotatable bonds is 5. The molecule has 0 aromatic heterocycles. The maximum Gasteiger partial charge on any atom is 0.0587 e. The molecule has 0 radical (unpaired) electrons. The fourth-order valence-electron chi connectivity index (χ4n) is 2.37. The van der Waals surface area contributed by atoms with Crippen LogP contribution in [0.5, 0.6) is 0 Å². The second-order valence-corrected chi connectivity index (χ2v) is 6.55. The molecule has 1 aliphatic heterocycles. The first kappa shape index (κ1) is 13.7. The summed E-state index contributed by atoms with van der Waals surface area (Å²) in [7, 11) is -0.618. The summed E-state index contributed by atoms with van der Waals surface area (Å²) in [5, 5.41) is 12.9. The molecule has 1 aromatic carbocycles. The van der Waals surface area contributed by atoms with Crippen LogP contribution >= 0.6 is 0 Å². The lowest BCUT2D eigenvalue weighted by atomic mass is 10.0. The summed E-state index contributed by atoms with van der Waals surface area (Å²) in [5.74, 6) is 1.59. The number of aliphatic hydroxyl groups excluding tert-OH is 1. The number of hydrogen-bond acceptors (Lipinski definition) is 3. The minimum atomic E-state index is -0.618. The van der Waals surface area contributed by atoms with Crippen molar-refractivity contribution in [3.8, 4) is 0 Å². The molecule has 2 N–H and O–H groups in total. The van der Waals surface area contributed by atoms with Crippen molar-refractivity contribution in [2.45, 2.75) is 31.3 Å². The van der Waals surface area contributed by atoms with Crippen molar-refractivity contribution in [3.05, 3.63) is 35.9 Å². The first-order chi connectivity index (χ1) is 8.78. The SMILES string of the molecule is O=S1CCC(N[C@H](CO)Cc2ccccc2)CC1. The van der Waals surface area contributed by atoms with Crippen LogP contribution in [-0.2, 0) is 17.2 Å². The first-order valence-electron chi connectivity index (χ1n) is 6.53. The Morgan fingerprint density at radius 1 is 1.28 bits per heavy atom. The molecule has 0 aliphatic carbocycles. The number of nitrogens with one attached hydrogen (secondary N) is 1. The molecule has 3 nitrogen and oxygen atoms in total. The number of aliphatic hydroxyl groups is 1. The highest BCUT2D eigenvalue weighted by molar-refractivity contribution is 7.85. The van der Waals surface area contributed by atoms with E-state index in [2.05, 4.69) is 17.4 Å². The molecule has 1 fully saturated rings. The Labute approximate surface area is 111 Å². The molecule has 0 bridgehead atoms. The summed E-state index contributed by atoms with van der Waals surface area (Å²) < 4.78 is 11.3. The Hall–Kier alpha value is -0.710. The largest absolute Gasteiger partial charge is 0.395 e. The molecular weight excluding hydrogens is 246 g/mol. The summed E-state index contributed by atoms with van der Waals surface area (Å²) in [6.07, 6.45) is 2.76. The minimum Gasteiger partial charge on any atom is -0.395 e. The van der Waals surface area contributed by atoms with Gasteiger partial charge < -0.3 is 10.4 Å². The standard InChI is InChI=1S/C14H21NO2S/c16-11-14(10-12-4-2-1-3-5-12)15-13-6-8-18(17)9-7-13/h1-5,13-16H,6-11H2/t13?,14-,18?/m0/s1.